The van der Waals surface area contributed by atoms with Gasteiger partial charge in [-0.15, -0.1) is 0 Å². The van der Waals surface area contributed by atoms with Crippen LogP contribution < -0.4 is 10.6 Å². The van der Waals surface area contributed by atoms with Crippen molar-refractivity contribution in [2.75, 3.05) is 31.6 Å². The van der Waals surface area contributed by atoms with Crippen molar-refractivity contribution >= 4 is 11.7 Å². The summed E-state index contributed by atoms with van der Waals surface area (Å²) in [4.78, 5) is 14.8. The molecule has 3 heterocycles. The first-order valence-electron chi connectivity index (χ1n) is 11.5. The molecule has 0 spiro atoms. The number of hydrogen-bond acceptors (Lipinski definition) is 4. The van der Waals surface area contributed by atoms with Crippen molar-refractivity contribution in [3.8, 4) is 0 Å². The number of anilines is 1. The molecule has 1 aromatic carbocycles. The third-order valence-electron chi connectivity index (χ3n) is 6.54. The van der Waals surface area contributed by atoms with Crippen molar-refractivity contribution in [1.82, 2.24) is 20.0 Å². The molecule has 7 nitrogen and oxygen atoms in total. The number of carbonyl (C=O) groups excluding carboxylic acids is 1. The molecule has 0 radical (unpaired) electrons. The third kappa shape index (κ3) is 5.28. The molecule has 0 saturated carbocycles. The number of hydrogen-bond donors (Lipinski definition) is 2. The molecule has 7 heteroatoms. The molecular weight excluding hydrogens is 390 g/mol. The van der Waals surface area contributed by atoms with Crippen LogP contribution in [0.3, 0.4) is 0 Å². The Morgan fingerprint density at radius 1 is 1.26 bits per heavy atom. The van der Waals surface area contributed by atoms with Crippen molar-refractivity contribution < 1.29 is 9.53 Å². The van der Waals surface area contributed by atoms with Gasteiger partial charge in [0.1, 0.15) is 0 Å². The van der Waals surface area contributed by atoms with Gasteiger partial charge in [-0.05, 0) is 64.3 Å². The van der Waals surface area contributed by atoms with Crippen molar-refractivity contribution in [3.63, 3.8) is 0 Å². The summed E-state index contributed by atoms with van der Waals surface area (Å²) in [6, 6.07) is 5.95. The molecule has 1 aromatic heterocycles. The van der Waals surface area contributed by atoms with Crippen molar-refractivity contribution in [2.24, 2.45) is 5.92 Å². The molecule has 1 fully saturated rings. The second kappa shape index (κ2) is 9.83. The lowest BCUT2D eigenvalue weighted by molar-refractivity contribution is 0.107. The fraction of sp³-hybridized carbons (Fsp3) is 0.583. The molecular formula is C24H35N5O2. The number of piperidine rings is 1. The first-order chi connectivity index (χ1) is 15.0. The number of amides is 2. The van der Waals surface area contributed by atoms with Crippen LogP contribution in [-0.4, -0.2) is 47.0 Å². The number of nitrogens with zero attached hydrogens (tertiary/aromatic N) is 3. The van der Waals surface area contributed by atoms with E-state index in [1.165, 1.54) is 22.5 Å². The smallest absolute Gasteiger partial charge is 0.319 e. The Hall–Kier alpha value is -2.38. The average molecular weight is 426 g/mol. The summed E-state index contributed by atoms with van der Waals surface area (Å²) >= 11 is 0. The first-order valence-corrected chi connectivity index (χ1v) is 11.5. The Labute approximate surface area is 185 Å². The largest absolute Gasteiger partial charge is 0.376 e. The number of rotatable bonds is 6. The number of aryl methyl sites for hydroxylation is 3. The molecule has 2 aliphatic rings. The normalized spacial score (nSPS) is 17.4. The Bertz CT molecular complexity index is 915. The summed E-state index contributed by atoms with van der Waals surface area (Å²) in [7, 11) is 0. The van der Waals surface area contributed by atoms with Gasteiger partial charge in [0.25, 0.3) is 0 Å². The Balaban J connectivity index is 1.23. The lowest BCUT2D eigenvalue weighted by atomic mass is 9.96. The molecule has 0 bridgehead atoms. The Morgan fingerprint density at radius 3 is 2.81 bits per heavy atom. The SMILES string of the molecule is CCn1nc(CN2CCC(CNC(=O)Nc3ccc(C)cc3C)CC2)c2c1CCOC2. The average Bonchev–Trinajstić information content (AvgIpc) is 3.13. The number of ether oxygens (including phenoxy) is 1. The van der Waals surface area contributed by atoms with Gasteiger partial charge in [-0.25, -0.2) is 4.79 Å². The third-order valence-corrected chi connectivity index (χ3v) is 6.54. The van der Waals surface area contributed by atoms with Gasteiger partial charge in [0, 0.05) is 43.0 Å². The maximum absolute atomic E-state index is 12.3. The van der Waals surface area contributed by atoms with Crippen LogP contribution in [0.2, 0.25) is 0 Å². The summed E-state index contributed by atoms with van der Waals surface area (Å²) in [5.74, 6) is 0.520. The van der Waals surface area contributed by atoms with Gasteiger partial charge >= 0.3 is 6.03 Å². The van der Waals surface area contributed by atoms with E-state index in [-0.39, 0.29) is 6.03 Å². The number of carbonyl (C=O) groups is 1. The van der Waals surface area contributed by atoms with Crippen LogP contribution in [0, 0.1) is 19.8 Å². The predicted molar refractivity (Wildman–Crippen MR) is 122 cm³/mol. The summed E-state index contributed by atoms with van der Waals surface area (Å²) in [6.07, 6.45) is 3.15. The van der Waals surface area contributed by atoms with Crippen LogP contribution in [0.1, 0.15) is 47.8 Å². The zero-order valence-corrected chi connectivity index (χ0v) is 19.0. The van der Waals surface area contributed by atoms with Gasteiger partial charge in [0.15, 0.2) is 0 Å². The van der Waals surface area contributed by atoms with E-state index in [1.54, 1.807) is 0 Å². The Morgan fingerprint density at radius 2 is 2.06 bits per heavy atom. The van der Waals surface area contributed by atoms with Gasteiger partial charge in [-0.3, -0.25) is 9.58 Å². The number of aromatic nitrogens is 2. The first kappa shape index (κ1) is 21.8. The van der Waals surface area contributed by atoms with Gasteiger partial charge in [0.05, 0.1) is 18.9 Å². The van der Waals surface area contributed by atoms with E-state index in [2.05, 4.69) is 40.1 Å². The second-order valence-electron chi connectivity index (χ2n) is 8.86. The number of likely N-dealkylation sites (tertiary alicyclic amines) is 1. The van der Waals surface area contributed by atoms with E-state index in [1.807, 2.05) is 19.1 Å². The second-order valence-corrected chi connectivity index (χ2v) is 8.86. The Kier molecular flexibility index (Phi) is 6.92. The highest BCUT2D eigenvalue weighted by Crippen LogP contribution is 2.24. The quantitative estimate of drug-likeness (QED) is 0.741. The maximum Gasteiger partial charge on any atom is 0.319 e. The zero-order chi connectivity index (χ0) is 21.8. The molecule has 0 atom stereocenters. The minimum atomic E-state index is -0.119. The highest BCUT2D eigenvalue weighted by atomic mass is 16.5. The summed E-state index contributed by atoms with van der Waals surface area (Å²) in [6.45, 7) is 12.3. The number of fused-ring (bicyclic) bond motifs is 1. The zero-order valence-electron chi connectivity index (χ0n) is 19.0. The minimum Gasteiger partial charge on any atom is -0.376 e. The number of nitrogens with one attached hydrogen (secondary N) is 2. The highest BCUT2D eigenvalue weighted by Gasteiger charge is 2.25. The molecule has 4 rings (SSSR count). The predicted octanol–water partition coefficient (Wildman–Crippen LogP) is 3.63. The van der Waals surface area contributed by atoms with Crippen molar-refractivity contribution in [2.45, 2.75) is 59.7 Å². The fourth-order valence-corrected chi connectivity index (χ4v) is 4.68. The lowest BCUT2D eigenvalue weighted by Crippen LogP contribution is -2.39. The van der Waals surface area contributed by atoms with Crippen molar-refractivity contribution in [1.29, 1.82) is 0 Å². The van der Waals surface area contributed by atoms with Gasteiger partial charge in [-0.1, -0.05) is 17.7 Å². The molecule has 2 amide bonds. The van der Waals surface area contributed by atoms with E-state index < -0.39 is 0 Å². The summed E-state index contributed by atoms with van der Waals surface area (Å²) in [5, 5.41) is 10.9. The van der Waals surface area contributed by atoms with Gasteiger partial charge in [-0.2, -0.15) is 5.10 Å². The number of benzene rings is 1. The van der Waals surface area contributed by atoms with Crippen LogP contribution in [0.25, 0.3) is 0 Å². The van der Waals surface area contributed by atoms with Crippen LogP contribution in [-0.2, 0) is 30.9 Å². The van der Waals surface area contributed by atoms with Gasteiger partial charge < -0.3 is 15.4 Å². The molecule has 2 aliphatic heterocycles. The minimum absolute atomic E-state index is 0.119. The molecule has 31 heavy (non-hydrogen) atoms. The monoisotopic (exact) mass is 425 g/mol. The highest BCUT2D eigenvalue weighted by molar-refractivity contribution is 5.90. The van der Waals surface area contributed by atoms with E-state index in [4.69, 9.17) is 9.84 Å². The molecule has 168 valence electrons. The molecule has 2 aromatic rings. The molecule has 0 unspecified atom stereocenters. The van der Waals surface area contributed by atoms with E-state index in [0.29, 0.717) is 12.5 Å². The topological polar surface area (TPSA) is 71.4 Å². The van der Waals surface area contributed by atoms with Crippen molar-refractivity contribution in [3.05, 3.63) is 46.3 Å². The molecule has 2 N–H and O–H groups in total. The molecule has 1 saturated heterocycles. The van der Waals surface area contributed by atoms with Crippen LogP contribution in [0.5, 0.6) is 0 Å². The fourth-order valence-electron chi connectivity index (χ4n) is 4.68. The van der Waals surface area contributed by atoms with Crippen LogP contribution in [0.15, 0.2) is 18.2 Å². The summed E-state index contributed by atoms with van der Waals surface area (Å²) < 4.78 is 7.84. The lowest BCUT2D eigenvalue weighted by Gasteiger charge is -2.31. The molecule has 0 aliphatic carbocycles. The maximum atomic E-state index is 12.3. The summed E-state index contributed by atoms with van der Waals surface area (Å²) in [5.41, 5.74) is 7.00. The number of urea groups is 1. The van der Waals surface area contributed by atoms with E-state index in [9.17, 15) is 4.79 Å². The van der Waals surface area contributed by atoms with Crippen LogP contribution in [0.4, 0.5) is 10.5 Å². The van der Waals surface area contributed by atoms with Gasteiger partial charge in [0.2, 0.25) is 0 Å². The van der Waals surface area contributed by atoms with Crippen LogP contribution >= 0.6 is 0 Å². The van der Waals surface area contributed by atoms with E-state index >= 15 is 0 Å². The standard InChI is InChI=1S/C24H35N5O2/c1-4-29-23-9-12-31-16-20(23)22(27-29)15-28-10-7-19(8-11-28)14-25-24(30)26-21-6-5-17(2)13-18(21)3/h5-6,13,19H,4,7-12,14-16H2,1-3H3,(H2,25,26,30). The van der Waals surface area contributed by atoms with E-state index in [0.717, 1.165) is 69.8 Å².